The number of nitrogens with zero attached hydrogens (tertiary/aromatic N) is 4. The van der Waals surface area contributed by atoms with Crippen LogP contribution in [-0.4, -0.2) is 11.1 Å². The van der Waals surface area contributed by atoms with E-state index in [0.29, 0.717) is 11.1 Å². The fourth-order valence-corrected chi connectivity index (χ4v) is 15.5. The Bertz CT molecular complexity index is 3420. The van der Waals surface area contributed by atoms with E-state index in [2.05, 4.69) is 195 Å². The smallest absolute Gasteiger partial charge is 0.0991 e. The average molecular weight is 917 g/mol. The number of benzene rings is 8. The van der Waals surface area contributed by atoms with E-state index in [9.17, 15) is 10.5 Å². The Morgan fingerprint density at radius 3 is 1.13 bits per heavy atom. The molecule has 6 aliphatic rings. The van der Waals surface area contributed by atoms with Crippen molar-refractivity contribution in [1.29, 1.82) is 10.5 Å². The topological polar surface area (TPSA) is 54.1 Å². The summed E-state index contributed by atoms with van der Waals surface area (Å²) in [6.07, 6.45) is 9.39. The number of nitriles is 2. The zero-order chi connectivity index (χ0) is 48.1. The lowest BCUT2D eigenvalue weighted by molar-refractivity contribution is 0.195. The van der Waals surface area contributed by atoms with Gasteiger partial charge in [-0.05, 0) is 202 Å². The van der Waals surface area contributed by atoms with Gasteiger partial charge in [-0.3, -0.25) is 0 Å². The molecule has 0 saturated heterocycles. The lowest BCUT2D eigenvalue weighted by Gasteiger charge is -2.50. The van der Waals surface area contributed by atoms with E-state index < -0.39 is 5.41 Å². The van der Waals surface area contributed by atoms with Gasteiger partial charge in [0.15, 0.2) is 0 Å². The van der Waals surface area contributed by atoms with Crippen LogP contribution >= 0.6 is 0 Å². The molecule has 2 saturated carbocycles. The van der Waals surface area contributed by atoms with Crippen molar-refractivity contribution in [2.75, 3.05) is 9.80 Å². The molecule has 0 bridgehead atoms. The highest BCUT2D eigenvalue weighted by Gasteiger charge is 2.59. The van der Waals surface area contributed by atoms with Crippen LogP contribution in [0.15, 0.2) is 170 Å². The molecule has 4 heteroatoms. The third-order valence-corrected chi connectivity index (χ3v) is 19.5. The Kier molecular flexibility index (Phi) is 8.74. The normalized spacial score (nSPS) is 24.4. The summed E-state index contributed by atoms with van der Waals surface area (Å²) in [6, 6.07) is 68.7. The van der Waals surface area contributed by atoms with Crippen LogP contribution in [0.2, 0.25) is 0 Å². The van der Waals surface area contributed by atoms with E-state index in [4.69, 9.17) is 0 Å². The third-order valence-electron chi connectivity index (χ3n) is 19.5. The first-order chi connectivity index (χ1) is 34.6. The fourth-order valence-electron chi connectivity index (χ4n) is 15.5. The molecule has 8 aromatic carbocycles. The summed E-state index contributed by atoms with van der Waals surface area (Å²) in [5.41, 5.74) is 24.0. The van der Waals surface area contributed by atoms with Crippen LogP contribution in [0.5, 0.6) is 0 Å². The molecular formula is C67H56N4. The monoisotopic (exact) mass is 916 g/mol. The molecule has 71 heavy (non-hydrogen) atoms. The summed E-state index contributed by atoms with van der Waals surface area (Å²) in [7, 11) is 0. The summed E-state index contributed by atoms with van der Waals surface area (Å²) in [6.45, 7) is 9.98. The molecule has 0 radical (unpaired) electrons. The van der Waals surface area contributed by atoms with Crippen molar-refractivity contribution >= 4 is 22.7 Å². The van der Waals surface area contributed by atoms with Gasteiger partial charge in [0.2, 0.25) is 0 Å². The Morgan fingerprint density at radius 1 is 0.366 bits per heavy atom. The maximum absolute atomic E-state index is 9.66. The Balaban J connectivity index is 0.930. The second-order valence-electron chi connectivity index (χ2n) is 22.4. The zero-order valence-corrected chi connectivity index (χ0v) is 41.1. The van der Waals surface area contributed by atoms with Crippen molar-refractivity contribution in [3.63, 3.8) is 0 Å². The number of anilines is 4. The van der Waals surface area contributed by atoms with Gasteiger partial charge in [0.05, 0.1) is 39.8 Å². The van der Waals surface area contributed by atoms with Gasteiger partial charge in [-0.25, -0.2) is 0 Å². The molecule has 4 unspecified atom stereocenters. The minimum Gasteiger partial charge on any atom is -0.334 e. The molecule has 14 rings (SSSR count). The predicted molar refractivity (Wildman–Crippen MR) is 289 cm³/mol. The first-order valence-electron chi connectivity index (χ1n) is 26.0. The lowest BCUT2D eigenvalue weighted by atomic mass is 9.61. The largest absolute Gasteiger partial charge is 0.334 e. The second kappa shape index (κ2) is 14.7. The van der Waals surface area contributed by atoms with Crippen molar-refractivity contribution in [3.8, 4) is 56.6 Å². The average Bonchev–Trinajstić information content (AvgIpc) is 4.02. The van der Waals surface area contributed by atoms with Crippen LogP contribution in [0.1, 0.15) is 124 Å². The summed E-state index contributed by atoms with van der Waals surface area (Å²) < 4.78 is 0. The fraction of sp³-hybridized carbons (Fsp3) is 0.254. The van der Waals surface area contributed by atoms with Crippen molar-refractivity contribution < 1.29 is 0 Å². The van der Waals surface area contributed by atoms with Crippen LogP contribution in [0.4, 0.5) is 22.7 Å². The predicted octanol–water partition coefficient (Wildman–Crippen LogP) is 16.6. The van der Waals surface area contributed by atoms with Gasteiger partial charge in [0, 0.05) is 33.6 Å². The third kappa shape index (κ3) is 5.33. The molecule has 4 nitrogen and oxygen atoms in total. The summed E-state index contributed by atoms with van der Waals surface area (Å²) in [5, 5.41) is 19.3. The molecule has 0 amide bonds. The maximum atomic E-state index is 9.66. The molecule has 2 aliphatic heterocycles. The molecule has 344 valence electrons. The minimum absolute atomic E-state index is 0.0368. The Labute approximate surface area is 418 Å². The van der Waals surface area contributed by atoms with Crippen LogP contribution in [0.3, 0.4) is 0 Å². The molecule has 1 spiro atoms. The molecular weight excluding hydrogens is 861 g/mol. The minimum atomic E-state index is -0.502. The second-order valence-corrected chi connectivity index (χ2v) is 22.4. The number of hydrogen-bond acceptors (Lipinski definition) is 4. The molecule has 2 fully saturated rings. The summed E-state index contributed by atoms with van der Waals surface area (Å²) in [5.74, 6) is 0. The van der Waals surface area contributed by atoms with Crippen LogP contribution in [-0.2, 0) is 16.2 Å². The molecule has 4 atom stereocenters. The number of fused-ring (bicyclic) bond motifs is 16. The Morgan fingerprint density at radius 2 is 0.718 bits per heavy atom. The molecule has 0 aromatic heterocycles. The summed E-state index contributed by atoms with van der Waals surface area (Å²) in [4.78, 5) is 5.20. The van der Waals surface area contributed by atoms with Gasteiger partial charge in [-0.15, -0.1) is 0 Å². The van der Waals surface area contributed by atoms with Gasteiger partial charge in [0.1, 0.15) is 0 Å². The van der Waals surface area contributed by atoms with Crippen LogP contribution in [0, 0.1) is 22.7 Å². The van der Waals surface area contributed by atoms with E-state index in [1.165, 1.54) is 115 Å². The first kappa shape index (κ1) is 42.2. The first-order valence-corrected chi connectivity index (χ1v) is 26.0. The van der Waals surface area contributed by atoms with Gasteiger partial charge in [-0.1, -0.05) is 124 Å². The Hall–Kier alpha value is -7.66. The maximum Gasteiger partial charge on any atom is 0.0991 e. The lowest BCUT2D eigenvalue weighted by Crippen LogP contribution is -2.54. The highest BCUT2D eigenvalue weighted by atomic mass is 15.3. The van der Waals surface area contributed by atoms with E-state index in [1.807, 2.05) is 24.3 Å². The van der Waals surface area contributed by atoms with E-state index in [1.54, 1.807) is 0 Å². The molecule has 0 N–H and O–H groups in total. The number of rotatable bonds is 4. The van der Waals surface area contributed by atoms with Gasteiger partial charge in [-0.2, -0.15) is 10.5 Å². The van der Waals surface area contributed by atoms with Gasteiger partial charge < -0.3 is 9.80 Å². The van der Waals surface area contributed by atoms with E-state index in [-0.39, 0.29) is 21.9 Å². The highest BCUT2D eigenvalue weighted by molar-refractivity contribution is 5.97. The van der Waals surface area contributed by atoms with Crippen molar-refractivity contribution in [1.82, 2.24) is 0 Å². The van der Waals surface area contributed by atoms with Crippen LogP contribution < -0.4 is 9.80 Å². The summed E-state index contributed by atoms with van der Waals surface area (Å²) >= 11 is 0. The zero-order valence-electron chi connectivity index (χ0n) is 41.1. The highest BCUT2D eigenvalue weighted by Crippen LogP contribution is 2.66. The standard InChI is InChI=1S/C67H56N4/c1-63-33-9-11-35-65(63,3)70(49-25-17-43(41-68)18-26-49)61-31-23-47(39-59(61)63)45-21-29-53-54-30-22-46(38-58(54)67(57(53)37-45)55-15-7-5-13-51(55)52-14-6-8-16-56(52)67)48-24-32-62-60(40-48)64(2)34-10-12-36-66(64,4)71(62)50-27-19-44(42-69)20-28-50/h5-8,13-32,37-40H,9-12,33-36H2,1-4H3. The van der Waals surface area contributed by atoms with Gasteiger partial charge >= 0.3 is 0 Å². The van der Waals surface area contributed by atoms with E-state index in [0.717, 1.165) is 37.1 Å². The van der Waals surface area contributed by atoms with Crippen molar-refractivity contribution in [3.05, 3.63) is 214 Å². The quantitative estimate of drug-likeness (QED) is 0.176. The van der Waals surface area contributed by atoms with Crippen molar-refractivity contribution in [2.24, 2.45) is 0 Å². The molecule has 8 aromatic rings. The van der Waals surface area contributed by atoms with Crippen molar-refractivity contribution in [2.45, 2.75) is 106 Å². The number of hydrogen-bond donors (Lipinski definition) is 0. The van der Waals surface area contributed by atoms with Gasteiger partial charge in [0.25, 0.3) is 0 Å². The SMILES string of the molecule is CC12CCCCC1(C)N(c1ccc(C#N)cc1)c1ccc(-c3ccc4c(c3)C3(c5ccccc5-c5ccccc53)c3cc(-c5ccc6c(c5)C5(C)CCCCC5(C)N6c5ccc(C#N)cc5)ccc3-4)cc12. The van der Waals surface area contributed by atoms with Crippen LogP contribution in [0.25, 0.3) is 44.5 Å². The van der Waals surface area contributed by atoms with E-state index >= 15 is 0 Å². The molecule has 2 heterocycles. The molecule has 4 aliphatic carbocycles.